The molecule has 1 aliphatic carbocycles. The van der Waals surface area contributed by atoms with Crippen LogP contribution in [-0.2, 0) is 4.74 Å². The van der Waals surface area contributed by atoms with E-state index in [2.05, 4.69) is 5.32 Å². The van der Waals surface area contributed by atoms with Crippen molar-refractivity contribution in [3.63, 3.8) is 0 Å². The SMILES string of the molecule is Cc1cc([N+](=O)[O-])cc(C)c1OCC1(NC(=O)OC(C)(C)C)CC1. The number of carbonyl (C=O) groups is 1. The van der Waals surface area contributed by atoms with Gasteiger partial charge in [-0.15, -0.1) is 0 Å². The minimum atomic E-state index is -0.549. The smallest absolute Gasteiger partial charge is 0.408 e. The number of aryl methyl sites for hydroxylation is 2. The zero-order valence-corrected chi connectivity index (χ0v) is 14.8. The Morgan fingerprint density at radius 2 is 1.83 bits per heavy atom. The summed E-state index contributed by atoms with van der Waals surface area (Å²) in [6.45, 7) is 9.29. The number of ether oxygens (including phenoxy) is 2. The fourth-order valence-corrected chi connectivity index (χ4v) is 2.45. The third-order valence-electron chi connectivity index (χ3n) is 3.77. The number of carbonyl (C=O) groups excluding carboxylic acids is 1. The fraction of sp³-hybridized carbons (Fsp3) is 0.588. The van der Waals surface area contributed by atoms with Gasteiger partial charge in [0.05, 0.1) is 10.5 Å². The molecule has 0 unspecified atom stereocenters. The van der Waals surface area contributed by atoms with Crippen LogP contribution in [0.2, 0.25) is 0 Å². The summed E-state index contributed by atoms with van der Waals surface area (Å²) in [6, 6.07) is 2.98. The zero-order chi connectivity index (χ0) is 18.1. The van der Waals surface area contributed by atoms with Crippen LogP contribution in [0.4, 0.5) is 10.5 Å². The molecule has 0 spiro atoms. The molecule has 24 heavy (non-hydrogen) atoms. The third-order valence-corrected chi connectivity index (χ3v) is 3.77. The lowest BCUT2D eigenvalue weighted by Gasteiger charge is -2.24. The molecule has 1 saturated carbocycles. The van der Waals surface area contributed by atoms with Crippen molar-refractivity contribution in [2.75, 3.05) is 6.61 Å². The molecule has 0 aromatic heterocycles. The van der Waals surface area contributed by atoms with Gasteiger partial charge in [-0.1, -0.05) is 0 Å². The van der Waals surface area contributed by atoms with E-state index in [0.717, 1.165) is 12.8 Å². The first kappa shape index (κ1) is 18.0. The van der Waals surface area contributed by atoms with Crippen LogP contribution in [0.15, 0.2) is 12.1 Å². The van der Waals surface area contributed by atoms with Crippen LogP contribution in [0.25, 0.3) is 0 Å². The van der Waals surface area contributed by atoms with Crippen LogP contribution in [0.5, 0.6) is 5.75 Å². The molecular weight excluding hydrogens is 312 g/mol. The summed E-state index contributed by atoms with van der Waals surface area (Å²) >= 11 is 0. The van der Waals surface area contributed by atoms with Crippen molar-refractivity contribution in [3.05, 3.63) is 33.4 Å². The second kappa shape index (κ2) is 6.30. The van der Waals surface area contributed by atoms with Gasteiger partial charge in [-0.05, 0) is 58.6 Å². The first-order valence-electron chi connectivity index (χ1n) is 7.91. The van der Waals surface area contributed by atoms with E-state index in [9.17, 15) is 14.9 Å². The topological polar surface area (TPSA) is 90.7 Å². The molecule has 1 amide bonds. The van der Waals surface area contributed by atoms with Crippen molar-refractivity contribution < 1.29 is 19.2 Å². The van der Waals surface area contributed by atoms with Gasteiger partial charge in [0.1, 0.15) is 18.0 Å². The Morgan fingerprint density at radius 3 is 2.25 bits per heavy atom. The molecule has 1 aromatic carbocycles. The van der Waals surface area contributed by atoms with Gasteiger partial charge >= 0.3 is 6.09 Å². The van der Waals surface area contributed by atoms with Crippen LogP contribution in [-0.4, -0.2) is 28.8 Å². The maximum Gasteiger partial charge on any atom is 0.408 e. The predicted molar refractivity (Wildman–Crippen MR) is 89.4 cm³/mol. The molecule has 7 nitrogen and oxygen atoms in total. The number of hydrogen-bond acceptors (Lipinski definition) is 5. The highest BCUT2D eigenvalue weighted by Gasteiger charge is 2.46. The summed E-state index contributed by atoms with van der Waals surface area (Å²) in [5.74, 6) is 0.623. The summed E-state index contributed by atoms with van der Waals surface area (Å²) in [5.41, 5.74) is 0.491. The molecule has 0 atom stereocenters. The zero-order valence-electron chi connectivity index (χ0n) is 14.8. The maximum atomic E-state index is 11.9. The van der Waals surface area contributed by atoms with E-state index in [4.69, 9.17) is 9.47 Å². The molecule has 0 radical (unpaired) electrons. The summed E-state index contributed by atoms with van der Waals surface area (Å²) in [4.78, 5) is 22.4. The van der Waals surface area contributed by atoms with Crippen molar-refractivity contribution in [2.24, 2.45) is 0 Å². The van der Waals surface area contributed by atoms with Gasteiger partial charge in [-0.3, -0.25) is 10.1 Å². The van der Waals surface area contributed by atoms with Crippen molar-refractivity contribution in [3.8, 4) is 5.75 Å². The Bertz CT molecular complexity index is 636. The highest BCUT2D eigenvalue weighted by molar-refractivity contribution is 5.69. The summed E-state index contributed by atoms with van der Waals surface area (Å²) in [5, 5.41) is 13.8. The van der Waals surface area contributed by atoms with Gasteiger partial charge in [0.15, 0.2) is 0 Å². The van der Waals surface area contributed by atoms with Gasteiger partial charge in [0.2, 0.25) is 0 Å². The Morgan fingerprint density at radius 1 is 1.29 bits per heavy atom. The Balaban J connectivity index is 2.01. The van der Waals surface area contributed by atoms with Crippen molar-refractivity contribution in [1.82, 2.24) is 5.32 Å². The fourth-order valence-electron chi connectivity index (χ4n) is 2.45. The number of amides is 1. The second-order valence-electron chi connectivity index (χ2n) is 7.36. The molecule has 1 aliphatic rings. The minimum Gasteiger partial charge on any atom is -0.491 e. The van der Waals surface area contributed by atoms with Crippen LogP contribution in [0, 0.1) is 24.0 Å². The number of non-ortho nitro benzene ring substituents is 1. The average molecular weight is 336 g/mol. The largest absolute Gasteiger partial charge is 0.491 e. The van der Waals surface area contributed by atoms with E-state index >= 15 is 0 Å². The van der Waals surface area contributed by atoms with Gasteiger partial charge in [-0.2, -0.15) is 0 Å². The van der Waals surface area contributed by atoms with Gasteiger partial charge in [0.25, 0.3) is 5.69 Å². The predicted octanol–water partition coefficient (Wildman–Crippen LogP) is 3.65. The number of nitrogens with one attached hydrogen (secondary N) is 1. The molecular formula is C17H24N2O5. The summed E-state index contributed by atoms with van der Waals surface area (Å²) < 4.78 is 11.1. The van der Waals surface area contributed by atoms with Gasteiger partial charge in [-0.25, -0.2) is 4.79 Å². The summed E-state index contributed by atoms with van der Waals surface area (Å²) in [6.07, 6.45) is 1.18. The van der Waals surface area contributed by atoms with E-state index in [0.29, 0.717) is 23.5 Å². The van der Waals surface area contributed by atoms with Crippen molar-refractivity contribution >= 4 is 11.8 Å². The molecule has 1 N–H and O–H groups in total. The monoisotopic (exact) mass is 336 g/mol. The Labute approximate surface area is 141 Å². The molecule has 7 heteroatoms. The van der Waals surface area contributed by atoms with Crippen LogP contribution >= 0.6 is 0 Å². The number of hydrogen-bond donors (Lipinski definition) is 1. The quantitative estimate of drug-likeness (QED) is 0.654. The lowest BCUT2D eigenvalue weighted by molar-refractivity contribution is -0.385. The van der Waals surface area contributed by atoms with Crippen LogP contribution in [0.3, 0.4) is 0 Å². The van der Waals surface area contributed by atoms with Crippen molar-refractivity contribution in [1.29, 1.82) is 0 Å². The number of nitrogens with zero attached hydrogens (tertiary/aromatic N) is 1. The first-order chi connectivity index (χ1) is 11.0. The summed E-state index contributed by atoms with van der Waals surface area (Å²) in [7, 11) is 0. The van der Waals surface area contributed by atoms with E-state index in [1.165, 1.54) is 12.1 Å². The highest BCUT2D eigenvalue weighted by atomic mass is 16.6. The van der Waals surface area contributed by atoms with Gasteiger partial charge < -0.3 is 14.8 Å². The molecule has 1 aromatic rings. The van der Waals surface area contributed by atoms with Gasteiger partial charge in [0, 0.05) is 12.1 Å². The molecule has 1 fully saturated rings. The van der Waals surface area contributed by atoms with Crippen LogP contribution in [0.1, 0.15) is 44.7 Å². The van der Waals surface area contributed by atoms with E-state index in [1.54, 1.807) is 13.8 Å². The number of alkyl carbamates (subject to hydrolysis) is 1. The lowest BCUT2D eigenvalue weighted by Crippen LogP contribution is -2.44. The number of benzene rings is 1. The highest BCUT2D eigenvalue weighted by Crippen LogP contribution is 2.37. The molecule has 132 valence electrons. The van der Waals surface area contributed by atoms with E-state index in [-0.39, 0.29) is 5.69 Å². The minimum absolute atomic E-state index is 0.0466. The standard InChI is InChI=1S/C17H24N2O5/c1-11-8-13(19(21)22)9-12(2)14(11)23-10-17(6-7-17)18-15(20)24-16(3,4)5/h8-9H,6-7,10H2,1-5H3,(H,18,20). The molecule has 0 bridgehead atoms. The third kappa shape index (κ3) is 4.59. The Kier molecular flexibility index (Phi) is 4.73. The lowest BCUT2D eigenvalue weighted by atomic mass is 10.1. The number of nitro benzene ring substituents is 1. The normalized spacial score (nSPS) is 15.5. The second-order valence-corrected chi connectivity index (χ2v) is 7.36. The number of nitro groups is 1. The van der Waals surface area contributed by atoms with E-state index in [1.807, 2.05) is 20.8 Å². The van der Waals surface area contributed by atoms with Crippen molar-refractivity contribution in [2.45, 2.75) is 58.6 Å². The molecule has 0 heterocycles. The molecule has 2 rings (SSSR count). The number of rotatable bonds is 5. The van der Waals surface area contributed by atoms with E-state index < -0.39 is 22.2 Å². The molecule has 0 aliphatic heterocycles. The van der Waals surface area contributed by atoms with Crippen LogP contribution < -0.4 is 10.1 Å². The average Bonchev–Trinajstić information content (AvgIpc) is 3.14. The first-order valence-corrected chi connectivity index (χ1v) is 7.91. The maximum absolute atomic E-state index is 11.9. The Hall–Kier alpha value is -2.31. The molecule has 0 saturated heterocycles.